The first-order valence-electron chi connectivity index (χ1n) is 27.9. The Hall–Kier alpha value is -5.28. The number of benzene rings is 6. The first-order chi connectivity index (χ1) is 38.5. The highest BCUT2D eigenvalue weighted by Gasteiger charge is 2.33. The van der Waals surface area contributed by atoms with Crippen molar-refractivity contribution in [1.29, 1.82) is 0 Å². The minimum atomic E-state index is -1.35. The van der Waals surface area contributed by atoms with E-state index in [2.05, 4.69) is 98.9 Å². The van der Waals surface area contributed by atoms with Crippen LogP contribution in [0.4, 0.5) is 8.78 Å². The summed E-state index contributed by atoms with van der Waals surface area (Å²) in [6.07, 6.45) is 5.02. The van der Waals surface area contributed by atoms with Gasteiger partial charge in [-0.15, -0.1) is 0 Å². The molecular formula is C66H72Cl4F2N6O3. The Kier molecular flexibility index (Phi) is 17.3. The predicted octanol–water partition coefficient (Wildman–Crippen LogP) is 14.5. The molecule has 3 atom stereocenters. The number of likely N-dealkylation sites (N-methyl/N-ethyl adjacent to an activating group) is 3. The van der Waals surface area contributed by atoms with E-state index in [1.54, 1.807) is 6.92 Å². The third-order valence-electron chi connectivity index (χ3n) is 16.7. The van der Waals surface area contributed by atoms with Gasteiger partial charge < -0.3 is 43.7 Å². The second-order valence-electron chi connectivity index (χ2n) is 23.4. The average Bonchev–Trinajstić information content (AvgIpc) is 4.17. The quantitative estimate of drug-likeness (QED) is 0.120. The van der Waals surface area contributed by atoms with Gasteiger partial charge in [0.25, 0.3) is 0 Å². The van der Waals surface area contributed by atoms with Gasteiger partial charge in [-0.25, -0.2) is 8.78 Å². The molecule has 6 aromatic carbocycles. The number of nitrogens with zero attached hydrogens (tertiary/aromatic N) is 6. The summed E-state index contributed by atoms with van der Waals surface area (Å²) < 4.78 is 33.7. The van der Waals surface area contributed by atoms with E-state index in [0.717, 1.165) is 132 Å². The maximum Gasteiger partial charge on any atom is 0.159 e. The molecule has 3 aromatic heterocycles. The van der Waals surface area contributed by atoms with Crippen LogP contribution >= 0.6 is 46.4 Å². The van der Waals surface area contributed by atoms with Crippen molar-refractivity contribution in [2.24, 2.45) is 0 Å². The fourth-order valence-electron chi connectivity index (χ4n) is 12.4. The first kappa shape index (κ1) is 58.9. The van der Waals surface area contributed by atoms with Crippen molar-refractivity contribution in [1.82, 2.24) is 28.4 Å². The lowest BCUT2D eigenvalue weighted by Crippen LogP contribution is -2.31. The molecule has 3 aliphatic heterocycles. The van der Waals surface area contributed by atoms with Gasteiger partial charge in [0.15, 0.2) is 11.6 Å². The number of rotatable bonds is 11. The standard InChI is InChI=1S/C24H29ClN2O.C21H22Cl2N2O.C21H21ClF2N2O/c1-4-5-17-6-8-18(9-7-17)24(2,28)16-27-22-11-10-19(25)14-20(22)21-15-26(3)13-12-23(21)27;1-21(26,14-3-5-15(22)6-4-14)13-25-19-8-7-16(23)11-17(19)18-12-24(2)10-9-20(18)25;1-21(27,13-3-5-17(23)18(24)9-13)12-26-19-6-4-14(22)10-15(19)16-11-25(2)8-7-20(16)26/h6-11,14,28H,4-5,12-13,15-16H2,1-3H3;3-8,11,26H,9-10,12-13H2,1-2H3;3-6,9-10,27H,7-8,11-12H2,1-2H3. The van der Waals surface area contributed by atoms with E-state index in [-0.39, 0.29) is 6.54 Å². The highest BCUT2D eigenvalue weighted by atomic mass is 35.5. The molecule has 0 radical (unpaired) electrons. The summed E-state index contributed by atoms with van der Waals surface area (Å²) in [7, 11) is 6.37. The van der Waals surface area contributed by atoms with Gasteiger partial charge in [0, 0.05) is 128 Å². The van der Waals surface area contributed by atoms with Gasteiger partial charge in [0.05, 0.1) is 19.6 Å². The fraction of sp³-hybridized carbons (Fsp3) is 0.364. The molecule has 0 aliphatic carbocycles. The Morgan fingerprint density at radius 1 is 0.432 bits per heavy atom. The van der Waals surface area contributed by atoms with Crippen LogP contribution in [0.15, 0.2) is 121 Å². The van der Waals surface area contributed by atoms with Gasteiger partial charge >= 0.3 is 0 Å². The number of hydrogen-bond donors (Lipinski definition) is 3. The van der Waals surface area contributed by atoms with E-state index in [9.17, 15) is 24.1 Å². The van der Waals surface area contributed by atoms with Crippen molar-refractivity contribution >= 4 is 79.1 Å². The molecule has 3 N–H and O–H groups in total. The molecule has 3 aliphatic rings. The fourth-order valence-corrected chi connectivity index (χ4v) is 13.0. The topological polar surface area (TPSA) is 85.2 Å². The van der Waals surface area contributed by atoms with Crippen molar-refractivity contribution in [3.63, 3.8) is 0 Å². The summed E-state index contributed by atoms with van der Waals surface area (Å²) in [6.45, 7) is 14.5. The molecule has 9 nitrogen and oxygen atoms in total. The zero-order chi connectivity index (χ0) is 57.7. The van der Waals surface area contributed by atoms with Gasteiger partial charge in [0.2, 0.25) is 0 Å². The lowest BCUT2D eigenvalue weighted by Gasteiger charge is -2.29. The summed E-state index contributed by atoms with van der Waals surface area (Å²) in [6, 6.07) is 37.3. The van der Waals surface area contributed by atoms with Crippen LogP contribution in [-0.4, -0.2) is 84.5 Å². The van der Waals surface area contributed by atoms with Crippen LogP contribution in [0.1, 0.15) is 90.1 Å². The largest absolute Gasteiger partial charge is 0.384 e. The maximum absolute atomic E-state index is 13.7. The molecule has 9 aromatic rings. The van der Waals surface area contributed by atoms with Crippen molar-refractivity contribution in [2.45, 2.75) is 116 Å². The molecule has 0 saturated carbocycles. The van der Waals surface area contributed by atoms with Gasteiger partial charge in [-0.1, -0.05) is 102 Å². The van der Waals surface area contributed by atoms with Crippen LogP contribution in [0.25, 0.3) is 32.7 Å². The highest BCUT2D eigenvalue weighted by Crippen LogP contribution is 2.39. The van der Waals surface area contributed by atoms with Crippen molar-refractivity contribution in [2.75, 3.05) is 40.8 Å². The monoisotopic (exact) mass is 1170 g/mol. The number of aromatic nitrogens is 3. The van der Waals surface area contributed by atoms with E-state index in [1.807, 2.05) is 74.5 Å². The van der Waals surface area contributed by atoms with Crippen molar-refractivity contribution in [3.05, 3.63) is 209 Å². The lowest BCUT2D eigenvalue weighted by molar-refractivity contribution is 0.0378. The normalized spacial score (nSPS) is 17.1. The molecule has 0 spiro atoms. The number of hydrogen-bond acceptors (Lipinski definition) is 6. The molecule has 81 heavy (non-hydrogen) atoms. The predicted molar refractivity (Wildman–Crippen MR) is 328 cm³/mol. The molecule has 3 unspecified atom stereocenters. The van der Waals surface area contributed by atoms with Crippen LogP contribution in [0.3, 0.4) is 0 Å². The first-order valence-corrected chi connectivity index (χ1v) is 29.4. The summed E-state index contributed by atoms with van der Waals surface area (Å²) in [5, 5.41) is 40.0. The Morgan fingerprint density at radius 2 is 0.765 bits per heavy atom. The second kappa shape index (κ2) is 23.8. The van der Waals surface area contributed by atoms with E-state index >= 15 is 0 Å². The van der Waals surface area contributed by atoms with Crippen molar-refractivity contribution in [3.8, 4) is 0 Å². The van der Waals surface area contributed by atoms with E-state index in [0.29, 0.717) is 28.7 Å². The Bertz CT molecular complexity index is 3750. The molecule has 0 saturated heterocycles. The number of aliphatic hydroxyl groups is 3. The van der Waals surface area contributed by atoms with Crippen LogP contribution in [0, 0.1) is 11.6 Å². The highest BCUT2D eigenvalue weighted by molar-refractivity contribution is 6.32. The SMILES string of the molecule is CCCc1ccc(C(C)(O)Cn2c3c(c4cc(Cl)ccc42)CN(C)CC3)cc1.CN1CCc2c(c3cc(Cl)ccc3n2CC(C)(O)c2ccc(Cl)cc2)C1.CN1CCc2c(c3cc(Cl)ccc3n2CC(C)(O)c2ccc(F)c(F)c2)C1. The molecule has 426 valence electrons. The van der Waals surface area contributed by atoms with Crippen LogP contribution in [0.2, 0.25) is 20.1 Å². The molecular weight excluding hydrogens is 1100 g/mol. The minimum absolute atomic E-state index is 0.245. The van der Waals surface area contributed by atoms with Gasteiger partial charge in [-0.05, 0) is 166 Å². The molecule has 0 fully saturated rings. The maximum atomic E-state index is 13.7. The van der Waals surface area contributed by atoms with E-state index < -0.39 is 28.4 Å². The van der Waals surface area contributed by atoms with Crippen LogP contribution in [-0.2, 0) is 81.8 Å². The van der Waals surface area contributed by atoms with Gasteiger partial charge in [-0.3, -0.25) is 0 Å². The molecule has 6 heterocycles. The molecule has 12 rings (SSSR count). The summed E-state index contributed by atoms with van der Waals surface area (Å²) in [5.41, 5.74) is 11.2. The zero-order valence-corrected chi connectivity index (χ0v) is 50.3. The van der Waals surface area contributed by atoms with Crippen LogP contribution < -0.4 is 0 Å². The zero-order valence-electron chi connectivity index (χ0n) is 47.2. The average molecular weight is 1180 g/mol. The molecule has 15 heteroatoms. The third kappa shape index (κ3) is 12.5. The Labute approximate surface area is 494 Å². The number of fused-ring (bicyclic) bond motifs is 9. The van der Waals surface area contributed by atoms with E-state index in [4.69, 9.17) is 46.4 Å². The van der Waals surface area contributed by atoms with Crippen LogP contribution in [0.5, 0.6) is 0 Å². The number of aryl methyl sites for hydroxylation is 1. The summed E-state index contributed by atoms with van der Waals surface area (Å²) >= 11 is 24.8. The molecule has 0 bridgehead atoms. The Morgan fingerprint density at radius 3 is 1.12 bits per heavy atom. The third-order valence-corrected chi connectivity index (χ3v) is 17.7. The molecule has 0 amide bonds. The van der Waals surface area contributed by atoms with E-state index in [1.165, 1.54) is 50.5 Å². The van der Waals surface area contributed by atoms with Gasteiger partial charge in [-0.2, -0.15) is 0 Å². The second-order valence-corrected chi connectivity index (χ2v) is 25.1. The smallest absolute Gasteiger partial charge is 0.159 e. The van der Waals surface area contributed by atoms with Crippen molar-refractivity contribution < 1.29 is 24.1 Å². The number of halogens is 6. The summed E-state index contributed by atoms with van der Waals surface area (Å²) in [4.78, 5) is 6.92. The minimum Gasteiger partial charge on any atom is -0.384 e. The summed E-state index contributed by atoms with van der Waals surface area (Å²) in [5.74, 6) is -1.88. The Balaban J connectivity index is 0.000000136. The van der Waals surface area contributed by atoms with Gasteiger partial charge in [0.1, 0.15) is 16.8 Å². The lowest BCUT2D eigenvalue weighted by atomic mass is 9.94.